The van der Waals surface area contributed by atoms with Crippen molar-refractivity contribution in [3.63, 3.8) is 0 Å². The molecule has 80 valence electrons. The van der Waals surface area contributed by atoms with E-state index in [9.17, 15) is 4.79 Å². The molecule has 1 fully saturated rings. The lowest BCUT2D eigenvalue weighted by molar-refractivity contribution is -0.147. The van der Waals surface area contributed by atoms with Gasteiger partial charge < -0.3 is 4.74 Å². The van der Waals surface area contributed by atoms with Crippen molar-refractivity contribution >= 4 is 21.9 Å². The van der Waals surface area contributed by atoms with Gasteiger partial charge in [0.1, 0.15) is 0 Å². The van der Waals surface area contributed by atoms with Crippen LogP contribution >= 0.6 is 15.9 Å². The molecule has 0 aliphatic carbocycles. The Balaban J connectivity index is 2.43. The van der Waals surface area contributed by atoms with E-state index in [2.05, 4.69) is 27.4 Å². The van der Waals surface area contributed by atoms with Crippen LogP contribution in [-0.2, 0) is 9.53 Å². The van der Waals surface area contributed by atoms with E-state index < -0.39 is 0 Å². The van der Waals surface area contributed by atoms with Gasteiger partial charge in [0.05, 0.1) is 13.0 Å². The van der Waals surface area contributed by atoms with Gasteiger partial charge in [-0.2, -0.15) is 0 Å². The molecule has 3 nitrogen and oxygen atoms in total. The molecule has 0 aromatic carbocycles. The second-order valence-electron chi connectivity index (χ2n) is 3.61. The number of nitrogens with zero attached hydrogens (tertiary/aromatic N) is 1. The maximum absolute atomic E-state index is 11.3. The summed E-state index contributed by atoms with van der Waals surface area (Å²) in [5.74, 6) is -0.0458. The molecule has 0 aromatic rings. The Kier molecular flexibility index (Phi) is 4.62. The monoisotopic (exact) mass is 261 g/mol. The van der Waals surface area contributed by atoms with Crippen LogP contribution < -0.4 is 0 Å². The fraction of sp³-hybridized carbons (Fsp3) is 0.700. The molecule has 0 radical (unpaired) electrons. The number of carbonyl (C=O) groups is 1. The number of esters is 1. The van der Waals surface area contributed by atoms with E-state index >= 15 is 0 Å². The number of carbonyl (C=O) groups excluding carboxylic acids is 1. The molecule has 0 aromatic heterocycles. The summed E-state index contributed by atoms with van der Waals surface area (Å²) >= 11 is 3.33. The zero-order chi connectivity index (χ0) is 10.6. The Morgan fingerprint density at radius 2 is 2.43 bits per heavy atom. The van der Waals surface area contributed by atoms with E-state index in [1.54, 1.807) is 0 Å². The Morgan fingerprint density at radius 1 is 1.71 bits per heavy atom. The molecule has 14 heavy (non-hydrogen) atoms. The fourth-order valence-corrected chi connectivity index (χ4v) is 2.16. The van der Waals surface area contributed by atoms with Gasteiger partial charge in [-0.15, -0.1) is 0 Å². The first-order chi connectivity index (χ1) is 6.63. The summed E-state index contributed by atoms with van der Waals surface area (Å²) < 4.78 is 5.70. The Labute approximate surface area is 93.2 Å². The van der Waals surface area contributed by atoms with Crippen molar-refractivity contribution in [2.24, 2.45) is 5.92 Å². The molecular formula is C10H16BrNO2. The van der Waals surface area contributed by atoms with Crippen LogP contribution in [0.2, 0.25) is 0 Å². The lowest BCUT2D eigenvalue weighted by Gasteiger charge is -2.30. The van der Waals surface area contributed by atoms with Crippen molar-refractivity contribution in [2.45, 2.75) is 12.8 Å². The molecule has 4 heteroatoms. The SMILES string of the molecule is C=C(Br)CN1CCC[C@H](C(=O)OC)C1. The number of likely N-dealkylation sites (tertiary alicyclic amines) is 1. The molecule has 1 heterocycles. The highest BCUT2D eigenvalue weighted by Gasteiger charge is 2.26. The lowest BCUT2D eigenvalue weighted by atomic mass is 9.98. The molecule has 1 atom stereocenters. The molecule has 1 aliphatic heterocycles. The average molecular weight is 262 g/mol. The van der Waals surface area contributed by atoms with Gasteiger partial charge in [0.25, 0.3) is 0 Å². The highest BCUT2D eigenvalue weighted by atomic mass is 79.9. The smallest absolute Gasteiger partial charge is 0.309 e. The largest absolute Gasteiger partial charge is 0.469 e. The second-order valence-corrected chi connectivity index (χ2v) is 4.74. The van der Waals surface area contributed by atoms with E-state index in [-0.39, 0.29) is 11.9 Å². The van der Waals surface area contributed by atoms with E-state index in [4.69, 9.17) is 4.74 Å². The third kappa shape index (κ3) is 3.42. The predicted molar refractivity (Wildman–Crippen MR) is 59.2 cm³/mol. The van der Waals surface area contributed by atoms with Crippen LogP contribution in [0.1, 0.15) is 12.8 Å². The summed E-state index contributed by atoms with van der Waals surface area (Å²) in [6.45, 7) is 6.44. The maximum Gasteiger partial charge on any atom is 0.309 e. The standard InChI is InChI=1S/C10H16BrNO2/c1-8(11)6-12-5-3-4-9(7-12)10(13)14-2/h9H,1,3-7H2,2H3/t9-/m0/s1. The molecule has 0 amide bonds. The van der Waals surface area contributed by atoms with Crippen LogP contribution in [-0.4, -0.2) is 37.6 Å². The summed E-state index contributed by atoms with van der Waals surface area (Å²) in [5, 5.41) is 0. The van der Waals surface area contributed by atoms with Gasteiger partial charge in [0, 0.05) is 17.6 Å². The van der Waals surface area contributed by atoms with Crippen LogP contribution in [0.3, 0.4) is 0 Å². The fourth-order valence-electron chi connectivity index (χ4n) is 1.80. The summed E-state index contributed by atoms with van der Waals surface area (Å²) in [5.41, 5.74) is 0. The van der Waals surface area contributed by atoms with Crippen molar-refractivity contribution in [2.75, 3.05) is 26.7 Å². The van der Waals surface area contributed by atoms with Gasteiger partial charge in [0.2, 0.25) is 0 Å². The molecule has 1 aliphatic rings. The minimum atomic E-state index is -0.0881. The minimum absolute atomic E-state index is 0.0422. The first kappa shape index (κ1) is 11.7. The predicted octanol–water partition coefficient (Wildman–Crippen LogP) is 1.78. The average Bonchev–Trinajstić information content (AvgIpc) is 2.16. The van der Waals surface area contributed by atoms with Gasteiger partial charge in [-0.05, 0) is 19.4 Å². The molecule has 1 saturated heterocycles. The second kappa shape index (κ2) is 5.51. The van der Waals surface area contributed by atoms with Crippen LogP contribution in [0.15, 0.2) is 11.1 Å². The van der Waals surface area contributed by atoms with Gasteiger partial charge in [-0.1, -0.05) is 22.5 Å². The number of halogens is 1. The molecule has 0 N–H and O–H groups in total. The van der Waals surface area contributed by atoms with Gasteiger partial charge in [-0.25, -0.2) is 0 Å². The van der Waals surface area contributed by atoms with Gasteiger partial charge in [0.15, 0.2) is 0 Å². The van der Waals surface area contributed by atoms with Crippen LogP contribution in [0, 0.1) is 5.92 Å². The van der Waals surface area contributed by atoms with Gasteiger partial charge in [-0.3, -0.25) is 9.69 Å². The summed E-state index contributed by atoms with van der Waals surface area (Å²) in [7, 11) is 1.45. The minimum Gasteiger partial charge on any atom is -0.469 e. The van der Waals surface area contributed by atoms with Crippen molar-refractivity contribution < 1.29 is 9.53 Å². The normalized spacial score (nSPS) is 23.1. The van der Waals surface area contributed by atoms with Crippen molar-refractivity contribution in [3.8, 4) is 0 Å². The summed E-state index contributed by atoms with van der Waals surface area (Å²) in [6.07, 6.45) is 2.00. The Hall–Kier alpha value is -0.350. The first-order valence-electron chi connectivity index (χ1n) is 4.77. The first-order valence-corrected chi connectivity index (χ1v) is 5.56. The summed E-state index contributed by atoms with van der Waals surface area (Å²) in [4.78, 5) is 13.5. The molecule has 0 saturated carbocycles. The lowest BCUT2D eigenvalue weighted by Crippen LogP contribution is -2.39. The van der Waals surface area contributed by atoms with Crippen molar-refractivity contribution in [3.05, 3.63) is 11.1 Å². The third-order valence-electron chi connectivity index (χ3n) is 2.44. The zero-order valence-corrected chi connectivity index (χ0v) is 10.0. The highest BCUT2D eigenvalue weighted by molar-refractivity contribution is 9.11. The van der Waals surface area contributed by atoms with E-state index in [1.807, 2.05) is 0 Å². The number of hydrogen-bond acceptors (Lipinski definition) is 3. The number of methoxy groups -OCH3 is 1. The number of rotatable bonds is 3. The number of hydrogen-bond donors (Lipinski definition) is 0. The molecule has 1 rings (SSSR count). The van der Waals surface area contributed by atoms with Crippen LogP contribution in [0.25, 0.3) is 0 Å². The molecular weight excluding hydrogens is 246 g/mol. The zero-order valence-electron chi connectivity index (χ0n) is 8.46. The molecule has 0 spiro atoms. The highest BCUT2D eigenvalue weighted by Crippen LogP contribution is 2.19. The molecule has 0 bridgehead atoms. The third-order valence-corrected chi connectivity index (χ3v) is 2.69. The Morgan fingerprint density at radius 3 is 3.00 bits per heavy atom. The van der Waals surface area contributed by atoms with E-state index in [1.165, 1.54) is 7.11 Å². The van der Waals surface area contributed by atoms with Crippen LogP contribution in [0.4, 0.5) is 0 Å². The van der Waals surface area contributed by atoms with Crippen LogP contribution in [0.5, 0.6) is 0 Å². The van der Waals surface area contributed by atoms with Crippen molar-refractivity contribution in [1.82, 2.24) is 4.90 Å². The summed E-state index contributed by atoms with van der Waals surface area (Å²) in [6, 6.07) is 0. The Bertz CT molecular complexity index is 230. The van der Waals surface area contributed by atoms with Gasteiger partial charge >= 0.3 is 5.97 Å². The number of piperidine rings is 1. The van der Waals surface area contributed by atoms with E-state index in [0.29, 0.717) is 0 Å². The van der Waals surface area contributed by atoms with E-state index in [0.717, 1.165) is 37.0 Å². The quantitative estimate of drug-likeness (QED) is 0.726. The maximum atomic E-state index is 11.3. The molecule has 0 unspecified atom stereocenters. The topological polar surface area (TPSA) is 29.5 Å². The van der Waals surface area contributed by atoms with Crippen molar-refractivity contribution in [1.29, 1.82) is 0 Å². The number of ether oxygens (including phenoxy) is 1.